The Labute approximate surface area is 478 Å². The quantitative estimate of drug-likeness (QED) is 0.143. The van der Waals surface area contributed by atoms with Crippen LogP contribution in [0.3, 0.4) is 0 Å². The first-order valence-electron chi connectivity index (χ1n) is 28.3. The Hall–Kier alpha value is -5.85. The molecule has 19 atom stereocenters. The van der Waals surface area contributed by atoms with E-state index in [1.807, 2.05) is 98.0 Å². The first-order chi connectivity index (χ1) is 39.2. The van der Waals surface area contributed by atoms with E-state index in [-0.39, 0.29) is 50.5 Å². The number of aliphatic hydroxyl groups is 9. The van der Waals surface area contributed by atoms with Crippen LogP contribution in [0.5, 0.6) is 0 Å². The summed E-state index contributed by atoms with van der Waals surface area (Å²) in [5, 5.41) is 106. The van der Waals surface area contributed by atoms with Gasteiger partial charge in [0.2, 0.25) is 0 Å². The minimum atomic E-state index is -2.16. The highest BCUT2D eigenvalue weighted by Gasteiger charge is 2.53. The summed E-state index contributed by atoms with van der Waals surface area (Å²) < 4.78 is 35.6. The van der Waals surface area contributed by atoms with Gasteiger partial charge >= 0.3 is 18.2 Å². The van der Waals surface area contributed by atoms with Crippen LogP contribution < -0.4 is 10.6 Å². The van der Waals surface area contributed by atoms with Crippen molar-refractivity contribution in [2.75, 3.05) is 6.61 Å². The third kappa shape index (κ3) is 17.6. The van der Waals surface area contributed by atoms with Gasteiger partial charge in [-0.05, 0) is 55.4 Å². The van der Waals surface area contributed by atoms with E-state index in [1.165, 1.54) is 0 Å². The lowest BCUT2D eigenvalue weighted by molar-refractivity contribution is -0.299. The molecule has 2 aromatic rings. The van der Waals surface area contributed by atoms with E-state index in [0.29, 0.717) is 0 Å². The average molecular weight is 1140 g/mol. The van der Waals surface area contributed by atoms with Crippen molar-refractivity contribution in [1.29, 1.82) is 0 Å². The van der Waals surface area contributed by atoms with Crippen molar-refractivity contribution in [2.24, 2.45) is 11.8 Å². The van der Waals surface area contributed by atoms with Gasteiger partial charge in [0, 0.05) is 43.4 Å². The Kier molecular flexibility index (Phi) is 23.4. The van der Waals surface area contributed by atoms with Gasteiger partial charge in [0.25, 0.3) is 0 Å². The van der Waals surface area contributed by atoms with Gasteiger partial charge in [-0.2, -0.15) is 0 Å². The van der Waals surface area contributed by atoms with E-state index in [2.05, 4.69) is 10.6 Å². The lowest BCUT2D eigenvalue weighted by Gasteiger charge is -2.45. The minimum Gasteiger partial charge on any atom is -0.462 e. The molecule has 2 amide bonds. The summed E-state index contributed by atoms with van der Waals surface area (Å²) in [6, 6.07) is 13.6. The molecule has 0 spiro atoms. The SMILES string of the molecule is CC1OC(O[C@H]2/C=C/C=C/C=C/C=C/C=C/C=C/C=C/[C@H](C)[C@@H](O)[C@@H](C)[C@H](C)OC(=O)C[C@H](O)C[C@H](O)CC[C@@H](O)[C@H](O)C[C@H](O)C[C@]3(O)CC4OC(=O)N[C@H]4C(C2)O3)C(O)C(NC(=O)OCC2c3ccccc3-c3ccccc32)C1O. The van der Waals surface area contributed by atoms with Gasteiger partial charge < -0.3 is 85.0 Å². The van der Waals surface area contributed by atoms with Gasteiger partial charge in [0.1, 0.15) is 31.0 Å². The molecule has 0 aromatic heterocycles. The summed E-state index contributed by atoms with van der Waals surface area (Å²) >= 11 is 0. The Morgan fingerprint density at radius 2 is 1.24 bits per heavy atom. The fraction of sp³-hybridized carbons (Fsp3) is 0.532. The number of fused-ring (bicyclic) bond motifs is 7. The van der Waals surface area contributed by atoms with Crippen molar-refractivity contribution in [3.05, 3.63) is 145 Å². The number of ether oxygens (including phenoxy) is 6. The predicted molar refractivity (Wildman–Crippen MR) is 301 cm³/mol. The Balaban J connectivity index is 1.07. The molecule has 20 heteroatoms. The largest absolute Gasteiger partial charge is 0.462 e. The van der Waals surface area contributed by atoms with Gasteiger partial charge in [-0.1, -0.05) is 147 Å². The molecule has 3 fully saturated rings. The maximum Gasteiger partial charge on any atom is 0.407 e. The van der Waals surface area contributed by atoms with Gasteiger partial charge in [-0.3, -0.25) is 4.79 Å². The molecule has 1 aliphatic carbocycles. The van der Waals surface area contributed by atoms with Crippen molar-refractivity contribution in [3.63, 3.8) is 0 Å². The summed E-state index contributed by atoms with van der Waals surface area (Å²) in [7, 11) is 0. The van der Waals surface area contributed by atoms with Gasteiger partial charge in [-0.15, -0.1) is 0 Å². The van der Waals surface area contributed by atoms with Crippen molar-refractivity contribution in [2.45, 2.75) is 188 Å². The summed E-state index contributed by atoms with van der Waals surface area (Å²) in [6.07, 6.45) is 3.80. The molecular formula is C62H82N2O18. The molecule has 82 heavy (non-hydrogen) atoms. The highest BCUT2D eigenvalue weighted by atomic mass is 16.7. The molecule has 4 heterocycles. The third-order valence-corrected chi connectivity index (χ3v) is 15.8. The number of cyclic esters (lactones) is 1. The van der Waals surface area contributed by atoms with Crippen LogP contribution in [-0.2, 0) is 33.2 Å². The number of rotatable bonds is 5. The Bertz CT molecular complexity index is 2590. The number of alkyl carbamates (subject to hydrolysis) is 2. The molecule has 0 radical (unpaired) electrons. The number of hydrogen-bond acceptors (Lipinski definition) is 18. The van der Waals surface area contributed by atoms with Crippen LogP contribution in [0.2, 0.25) is 0 Å². The molecule has 5 aliphatic rings. The number of nitrogens with one attached hydrogen (secondary N) is 2. The summed E-state index contributed by atoms with van der Waals surface area (Å²) in [6.45, 7) is 6.77. The van der Waals surface area contributed by atoms with E-state index in [1.54, 1.807) is 63.3 Å². The second-order valence-electron chi connectivity index (χ2n) is 22.2. The number of amides is 2. The first kappa shape index (κ1) is 63.7. The van der Waals surface area contributed by atoms with E-state index in [9.17, 15) is 60.3 Å². The summed E-state index contributed by atoms with van der Waals surface area (Å²) in [5.41, 5.74) is 4.08. The van der Waals surface area contributed by atoms with Crippen molar-refractivity contribution >= 4 is 18.2 Å². The van der Waals surface area contributed by atoms with Gasteiger partial charge in [-0.25, -0.2) is 9.59 Å². The number of benzene rings is 2. The van der Waals surface area contributed by atoms with Crippen LogP contribution in [0.15, 0.2) is 134 Å². The van der Waals surface area contributed by atoms with E-state index in [0.717, 1.165) is 22.3 Å². The van der Waals surface area contributed by atoms with Crippen LogP contribution in [0.25, 0.3) is 11.1 Å². The molecule has 7 rings (SSSR count). The number of aliphatic hydroxyl groups excluding tert-OH is 8. The van der Waals surface area contributed by atoms with E-state index in [4.69, 9.17) is 28.4 Å². The molecule has 11 N–H and O–H groups in total. The first-order valence-corrected chi connectivity index (χ1v) is 28.3. The third-order valence-electron chi connectivity index (χ3n) is 15.8. The normalized spacial score (nSPS) is 39.5. The van der Waals surface area contributed by atoms with Crippen LogP contribution in [0.1, 0.15) is 96.1 Å². The number of allylic oxidation sites excluding steroid dienone is 12. The van der Waals surface area contributed by atoms with Gasteiger partial charge in [0.15, 0.2) is 12.1 Å². The number of carbonyl (C=O) groups excluding carboxylic acids is 3. The van der Waals surface area contributed by atoms with Crippen molar-refractivity contribution in [1.82, 2.24) is 10.6 Å². The molecule has 2 bridgehead atoms. The number of esters is 1. The minimum absolute atomic E-state index is 0.0227. The fourth-order valence-electron chi connectivity index (χ4n) is 11.1. The molecule has 3 saturated heterocycles. The summed E-state index contributed by atoms with van der Waals surface area (Å²) in [5.74, 6) is -3.88. The van der Waals surface area contributed by atoms with Crippen LogP contribution in [0.4, 0.5) is 9.59 Å². The Morgan fingerprint density at radius 3 is 1.88 bits per heavy atom. The van der Waals surface area contributed by atoms with Crippen LogP contribution >= 0.6 is 0 Å². The topological polar surface area (TPSA) is 313 Å². The second kappa shape index (κ2) is 30.1. The zero-order chi connectivity index (χ0) is 59.1. The monoisotopic (exact) mass is 1140 g/mol. The van der Waals surface area contributed by atoms with E-state index < -0.39 is 147 Å². The highest BCUT2D eigenvalue weighted by Crippen LogP contribution is 2.45. The standard InChI is InChI=1S/C62H82N2O18/c1-36-21-15-13-11-9-7-5-6-8-10-12-14-16-22-43(80-59-58(73)55(57(72)39(4)79-59)64-60(74)77-35-48-46-25-19-17-23-44(46)45-24-18-20-26-47(45)48)32-51-54-52(81-61(75)63-54)34-62(76,82-51)33-42(67)30-50(69)49(68)28-27-40(65)29-41(66)31-53(70)78-38(3)37(2)56(36)71/h5-26,36-43,48-52,54-59,65-69,71-73,76H,27-35H2,1-4H3,(H,63,75)(H,64,74)/b6-5+,9-7+,10-8+,13-11+,14-12+,21-15+,22-16+/t36-,37-,38-,39?,40+,41+,42-,43-,49+,50+,51?,52?,54-,55?,56+,57?,58?,59?,62+/m0/s1. The van der Waals surface area contributed by atoms with Crippen molar-refractivity contribution in [3.8, 4) is 11.1 Å². The molecule has 20 nitrogen and oxygen atoms in total. The maximum atomic E-state index is 13.5. The van der Waals surface area contributed by atoms with Gasteiger partial charge in [0.05, 0.1) is 73.4 Å². The average Bonchev–Trinajstić information content (AvgIpc) is 4.19. The molecular weight excluding hydrogens is 1060 g/mol. The lowest BCUT2D eigenvalue weighted by Crippen LogP contribution is -2.64. The van der Waals surface area contributed by atoms with Crippen LogP contribution in [0, 0.1) is 11.8 Å². The molecule has 4 aliphatic heterocycles. The second-order valence-corrected chi connectivity index (χ2v) is 22.2. The van der Waals surface area contributed by atoms with Crippen LogP contribution in [-0.4, -0.2) is 174 Å². The number of carbonyl (C=O) groups is 3. The zero-order valence-electron chi connectivity index (χ0n) is 46.7. The smallest absolute Gasteiger partial charge is 0.407 e. The molecule has 0 saturated carbocycles. The fourth-order valence-corrected chi connectivity index (χ4v) is 11.1. The maximum absolute atomic E-state index is 13.5. The lowest BCUT2D eigenvalue weighted by atomic mass is 9.87. The molecule has 2 aromatic carbocycles. The molecule has 7 unspecified atom stereocenters. The zero-order valence-corrected chi connectivity index (χ0v) is 46.7. The van der Waals surface area contributed by atoms with E-state index >= 15 is 0 Å². The number of hydrogen-bond donors (Lipinski definition) is 11. The Morgan fingerprint density at radius 1 is 0.646 bits per heavy atom. The molecule has 448 valence electrons. The summed E-state index contributed by atoms with van der Waals surface area (Å²) in [4.78, 5) is 39.0. The van der Waals surface area contributed by atoms with Crippen molar-refractivity contribution < 1.29 is 88.8 Å². The predicted octanol–water partition coefficient (Wildman–Crippen LogP) is 4.71. The highest BCUT2D eigenvalue weighted by molar-refractivity contribution is 5.79.